The van der Waals surface area contributed by atoms with Crippen LogP contribution in [0.25, 0.3) is 11.3 Å². The van der Waals surface area contributed by atoms with Gasteiger partial charge in [0.2, 0.25) is 0 Å². The second-order valence-corrected chi connectivity index (χ2v) is 6.49. The number of fused-ring (bicyclic) bond motifs is 1. The van der Waals surface area contributed by atoms with Gasteiger partial charge in [-0.05, 0) is 42.7 Å². The van der Waals surface area contributed by atoms with E-state index in [-0.39, 0.29) is 12.5 Å². The molecule has 1 aliphatic heterocycles. The van der Waals surface area contributed by atoms with Gasteiger partial charge in [0.25, 0.3) is 5.91 Å². The second-order valence-electron chi connectivity index (χ2n) is 6.49. The third kappa shape index (κ3) is 3.33. The van der Waals surface area contributed by atoms with Crippen molar-refractivity contribution in [2.45, 2.75) is 26.3 Å². The normalized spacial score (nSPS) is 12.7. The van der Waals surface area contributed by atoms with Crippen molar-refractivity contribution in [1.82, 2.24) is 9.55 Å². The summed E-state index contributed by atoms with van der Waals surface area (Å²) < 4.78 is 7.85. The fraction of sp³-hybridized carbons (Fsp3) is 0.238. The van der Waals surface area contributed by atoms with Crippen LogP contribution < -0.4 is 10.1 Å². The number of hydrogen-bond acceptors (Lipinski definition) is 3. The molecule has 0 unspecified atom stereocenters. The lowest BCUT2D eigenvalue weighted by molar-refractivity contribution is -0.118. The molecule has 0 aliphatic carbocycles. The minimum absolute atomic E-state index is 0.0112. The predicted molar refractivity (Wildman–Crippen MR) is 101 cm³/mol. The zero-order valence-electron chi connectivity index (χ0n) is 14.7. The number of rotatable bonds is 5. The number of hydrogen-bond donors (Lipinski definition) is 1. The van der Waals surface area contributed by atoms with Crippen molar-refractivity contribution < 1.29 is 9.53 Å². The molecule has 0 fully saturated rings. The van der Waals surface area contributed by atoms with Gasteiger partial charge < -0.3 is 14.6 Å². The van der Waals surface area contributed by atoms with Gasteiger partial charge in [0.1, 0.15) is 11.6 Å². The molecule has 0 atom stereocenters. The molecule has 2 heterocycles. The number of aryl methyl sites for hydroxylation is 2. The van der Waals surface area contributed by atoms with Crippen molar-refractivity contribution in [2.75, 3.05) is 11.9 Å². The van der Waals surface area contributed by atoms with E-state index in [0.717, 1.165) is 53.5 Å². The average molecular weight is 347 g/mol. The monoisotopic (exact) mass is 347 g/mol. The zero-order chi connectivity index (χ0) is 17.9. The summed E-state index contributed by atoms with van der Waals surface area (Å²) in [5.74, 6) is 1.71. The number of benzene rings is 2. The first-order chi connectivity index (χ1) is 12.7. The molecular weight excluding hydrogens is 326 g/mol. The molecule has 2 aromatic carbocycles. The van der Waals surface area contributed by atoms with Crippen molar-refractivity contribution in [3.63, 3.8) is 0 Å². The van der Waals surface area contributed by atoms with E-state index in [4.69, 9.17) is 4.74 Å². The highest BCUT2D eigenvalue weighted by Gasteiger charge is 2.16. The van der Waals surface area contributed by atoms with Crippen LogP contribution in [0.3, 0.4) is 0 Å². The minimum Gasteiger partial charge on any atom is -0.483 e. The van der Waals surface area contributed by atoms with E-state index in [1.54, 1.807) is 0 Å². The van der Waals surface area contributed by atoms with E-state index in [1.807, 2.05) is 61.7 Å². The summed E-state index contributed by atoms with van der Waals surface area (Å²) in [6.45, 7) is 2.97. The molecule has 1 N–H and O–H groups in total. The van der Waals surface area contributed by atoms with Crippen LogP contribution in [-0.2, 0) is 17.8 Å². The molecule has 0 bridgehead atoms. The summed E-state index contributed by atoms with van der Waals surface area (Å²) in [6.07, 6.45) is 4.14. The third-order valence-corrected chi connectivity index (χ3v) is 4.64. The Morgan fingerprint density at radius 3 is 2.81 bits per heavy atom. The summed E-state index contributed by atoms with van der Waals surface area (Å²) >= 11 is 0. The van der Waals surface area contributed by atoms with Crippen molar-refractivity contribution in [2.24, 2.45) is 0 Å². The largest absolute Gasteiger partial charge is 0.483 e. The Balaban J connectivity index is 1.38. The molecule has 26 heavy (non-hydrogen) atoms. The summed E-state index contributed by atoms with van der Waals surface area (Å²) in [5.41, 5.74) is 4.02. The molecule has 3 aromatic rings. The van der Waals surface area contributed by atoms with Crippen molar-refractivity contribution >= 4 is 11.6 Å². The smallest absolute Gasteiger partial charge is 0.262 e. The highest BCUT2D eigenvalue weighted by atomic mass is 16.5. The van der Waals surface area contributed by atoms with E-state index < -0.39 is 0 Å². The second kappa shape index (κ2) is 7.04. The van der Waals surface area contributed by atoms with Gasteiger partial charge in [-0.3, -0.25) is 4.79 Å². The zero-order valence-corrected chi connectivity index (χ0v) is 14.7. The summed E-state index contributed by atoms with van der Waals surface area (Å²) in [4.78, 5) is 16.6. The van der Waals surface area contributed by atoms with Crippen LogP contribution in [0.4, 0.5) is 5.69 Å². The third-order valence-electron chi connectivity index (χ3n) is 4.64. The molecule has 5 nitrogen and oxygen atoms in total. The number of imidazole rings is 1. The number of ether oxygens (including phenoxy) is 1. The Kier molecular flexibility index (Phi) is 4.44. The number of aromatic nitrogens is 2. The highest BCUT2D eigenvalue weighted by molar-refractivity contribution is 5.92. The van der Waals surface area contributed by atoms with Crippen LogP contribution in [0.2, 0.25) is 0 Å². The van der Waals surface area contributed by atoms with E-state index in [2.05, 4.69) is 14.9 Å². The fourth-order valence-corrected chi connectivity index (χ4v) is 3.27. The van der Waals surface area contributed by atoms with Gasteiger partial charge in [-0.15, -0.1) is 0 Å². The van der Waals surface area contributed by atoms with Crippen molar-refractivity contribution in [3.05, 3.63) is 66.1 Å². The first-order valence-corrected chi connectivity index (χ1v) is 8.84. The summed E-state index contributed by atoms with van der Waals surface area (Å²) in [7, 11) is 0. The number of amides is 1. The fourth-order valence-electron chi connectivity index (χ4n) is 3.27. The molecule has 1 amide bonds. The molecule has 0 radical (unpaired) electrons. The Morgan fingerprint density at radius 1 is 1.19 bits per heavy atom. The average Bonchev–Trinajstić information content (AvgIpc) is 3.25. The Bertz CT molecular complexity index is 929. The van der Waals surface area contributed by atoms with Crippen LogP contribution in [-0.4, -0.2) is 22.1 Å². The minimum atomic E-state index is -0.175. The first kappa shape index (κ1) is 16.4. The van der Waals surface area contributed by atoms with Gasteiger partial charge in [-0.25, -0.2) is 4.98 Å². The maximum absolute atomic E-state index is 12.1. The van der Waals surface area contributed by atoms with Crippen LogP contribution >= 0.6 is 0 Å². The van der Waals surface area contributed by atoms with Gasteiger partial charge in [-0.2, -0.15) is 0 Å². The predicted octanol–water partition coefficient (Wildman–Crippen LogP) is 3.82. The Labute approximate surface area is 152 Å². The standard InChI is InChI=1S/C21H21N3O2/c1-15-5-2-3-6-19(15)26-14-21(25)23-17-10-8-16(9-11-17)18-13-22-20-7-4-12-24(18)20/h2-3,5-6,8-11,13H,4,7,12,14H2,1H3,(H,23,25). The number of anilines is 1. The number of carbonyl (C=O) groups is 1. The van der Waals surface area contributed by atoms with Gasteiger partial charge >= 0.3 is 0 Å². The molecule has 0 saturated heterocycles. The maximum atomic E-state index is 12.1. The Morgan fingerprint density at radius 2 is 2.00 bits per heavy atom. The Hall–Kier alpha value is -3.08. The topological polar surface area (TPSA) is 56.1 Å². The maximum Gasteiger partial charge on any atom is 0.262 e. The van der Waals surface area contributed by atoms with E-state index in [1.165, 1.54) is 0 Å². The van der Waals surface area contributed by atoms with Gasteiger partial charge in [-0.1, -0.05) is 30.3 Å². The molecule has 1 aromatic heterocycles. The first-order valence-electron chi connectivity index (χ1n) is 8.84. The van der Waals surface area contributed by atoms with Crippen molar-refractivity contribution in [3.8, 4) is 17.0 Å². The van der Waals surface area contributed by atoms with Crippen LogP contribution in [0.1, 0.15) is 17.8 Å². The van der Waals surface area contributed by atoms with Gasteiger partial charge in [0, 0.05) is 18.7 Å². The molecule has 5 heteroatoms. The van der Waals surface area contributed by atoms with E-state index in [9.17, 15) is 4.79 Å². The highest BCUT2D eigenvalue weighted by Crippen LogP contribution is 2.26. The van der Waals surface area contributed by atoms with Gasteiger partial charge in [0.15, 0.2) is 6.61 Å². The molecular formula is C21H21N3O2. The number of carbonyl (C=O) groups excluding carboxylic acids is 1. The lowest BCUT2D eigenvalue weighted by atomic mass is 10.1. The summed E-state index contributed by atoms with van der Waals surface area (Å²) in [6, 6.07) is 15.5. The number of nitrogens with one attached hydrogen (secondary N) is 1. The molecule has 0 saturated carbocycles. The molecule has 0 spiro atoms. The lowest BCUT2D eigenvalue weighted by Gasteiger charge is -2.10. The van der Waals surface area contributed by atoms with Crippen LogP contribution in [0.5, 0.6) is 5.75 Å². The molecule has 132 valence electrons. The number of nitrogens with zero attached hydrogens (tertiary/aromatic N) is 2. The molecule has 1 aliphatic rings. The van der Waals surface area contributed by atoms with Crippen LogP contribution in [0.15, 0.2) is 54.7 Å². The summed E-state index contributed by atoms with van der Waals surface area (Å²) in [5, 5.41) is 2.87. The van der Waals surface area contributed by atoms with Crippen molar-refractivity contribution in [1.29, 1.82) is 0 Å². The lowest BCUT2D eigenvalue weighted by Crippen LogP contribution is -2.20. The van der Waals surface area contributed by atoms with Gasteiger partial charge in [0.05, 0.1) is 11.9 Å². The van der Waals surface area contributed by atoms with E-state index >= 15 is 0 Å². The SMILES string of the molecule is Cc1ccccc1OCC(=O)Nc1ccc(-c2cnc3n2CCC3)cc1. The quantitative estimate of drug-likeness (QED) is 0.763. The number of para-hydroxylation sites is 1. The van der Waals surface area contributed by atoms with E-state index in [0.29, 0.717) is 0 Å². The molecule has 4 rings (SSSR count). The van der Waals surface area contributed by atoms with Crippen LogP contribution in [0, 0.1) is 6.92 Å².